The number of rotatable bonds is 15. The summed E-state index contributed by atoms with van der Waals surface area (Å²) >= 11 is 0. The van der Waals surface area contributed by atoms with Gasteiger partial charge in [-0.05, 0) is 109 Å². The molecule has 6 aromatic carbocycles. The highest BCUT2D eigenvalue weighted by Gasteiger charge is 2.18. The Morgan fingerprint density at radius 3 is 1.32 bits per heavy atom. The van der Waals surface area contributed by atoms with Crippen LogP contribution in [-0.2, 0) is 22.4 Å². The first-order valence-electron chi connectivity index (χ1n) is 20.5. The van der Waals surface area contributed by atoms with Crippen LogP contribution in [0.1, 0.15) is 11.1 Å². The Bertz CT molecular complexity index is 2660. The number of primary amides is 1. The van der Waals surface area contributed by atoms with Crippen LogP contribution in [0.15, 0.2) is 170 Å². The summed E-state index contributed by atoms with van der Waals surface area (Å²) in [7, 11) is 0. The lowest BCUT2D eigenvalue weighted by Gasteiger charge is -2.11. The summed E-state index contributed by atoms with van der Waals surface area (Å²) in [5, 5.41) is 21.4. The first-order valence-corrected chi connectivity index (χ1v) is 20.5. The zero-order valence-corrected chi connectivity index (χ0v) is 34.8. The minimum Gasteiger partial charge on any atom is -0.457 e. The zero-order valence-electron chi connectivity index (χ0n) is 34.8. The molecule has 2 unspecified atom stereocenters. The molecule has 0 spiro atoms. The molecule has 11 N–H and O–H groups in total. The average molecular weight is 848 g/mol. The van der Waals surface area contributed by atoms with Gasteiger partial charge >= 0.3 is 0 Å². The highest BCUT2D eigenvalue weighted by molar-refractivity contribution is 5.89. The number of fused-ring (bicyclic) bond motifs is 2. The van der Waals surface area contributed by atoms with Crippen molar-refractivity contribution in [1.29, 1.82) is 0 Å². The van der Waals surface area contributed by atoms with Gasteiger partial charge in [-0.1, -0.05) is 72.8 Å². The molecular formula is C50H53N7O6. The number of aliphatic hydroxyl groups is 2. The van der Waals surface area contributed by atoms with Crippen molar-refractivity contribution < 1.29 is 29.3 Å². The normalized spacial score (nSPS) is 11.7. The number of benzene rings is 6. The lowest BCUT2D eigenvalue weighted by atomic mass is 10.1. The molecule has 0 fully saturated rings. The number of nitrogens with one attached hydrogen (secondary N) is 1. The second-order valence-electron chi connectivity index (χ2n) is 14.5. The molecule has 2 atom stereocenters. The third-order valence-corrected chi connectivity index (χ3v) is 9.90. The van der Waals surface area contributed by atoms with E-state index >= 15 is 0 Å². The van der Waals surface area contributed by atoms with Crippen LogP contribution < -0.4 is 37.7 Å². The fraction of sp³-hybridized carbons (Fsp3) is 0.160. The van der Waals surface area contributed by atoms with Crippen LogP contribution in [0.3, 0.4) is 0 Å². The highest BCUT2D eigenvalue weighted by Crippen LogP contribution is 2.30. The largest absolute Gasteiger partial charge is 0.457 e. The van der Waals surface area contributed by atoms with Gasteiger partial charge < -0.3 is 57.1 Å². The molecule has 13 heteroatoms. The molecule has 0 bridgehead atoms. The van der Waals surface area contributed by atoms with Gasteiger partial charge in [0.1, 0.15) is 23.0 Å². The van der Waals surface area contributed by atoms with E-state index in [4.69, 9.17) is 42.6 Å². The number of aromatic nitrogens is 2. The molecule has 0 aliphatic rings. The minimum absolute atomic E-state index is 0.0972. The van der Waals surface area contributed by atoms with Crippen LogP contribution in [-0.4, -0.2) is 69.5 Å². The number of aliphatic hydroxyl groups excluding tert-OH is 2. The third-order valence-electron chi connectivity index (χ3n) is 9.90. The molecule has 324 valence electrons. The summed E-state index contributed by atoms with van der Waals surface area (Å²) in [4.78, 5) is 23.5. The van der Waals surface area contributed by atoms with Gasteiger partial charge in [0.2, 0.25) is 11.8 Å². The lowest BCUT2D eigenvalue weighted by Crippen LogP contribution is -2.42. The Morgan fingerprint density at radius 2 is 0.921 bits per heavy atom. The molecule has 0 aliphatic heterocycles. The van der Waals surface area contributed by atoms with E-state index in [1.807, 2.05) is 170 Å². The van der Waals surface area contributed by atoms with Crippen molar-refractivity contribution in [3.63, 3.8) is 0 Å². The predicted octanol–water partition coefficient (Wildman–Crippen LogP) is 6.12. The first-order chi connectivity index (χ1) is 30.7. The average Bonchev–Trinajstić information content (AvgIpc) is 3.87. The molecule has 0 saturated heterocycles. The van der Waals surface area contributed by atoms with Crippen LogP contribution in [0.2, 0.25) is 0 Å². The van der Waals surface area contributed by atoms with Gasteiger partial charge in [-0.2, -0.15) is 0 Å². The number of carbonyl (C=O) groups excluding carboxylic acids is 2. The topological polar surface area (TPSA) is 219 Å². The van der Waals surface area contributed by atoms with E-state index in [2.05, 4.69) is 14.5 Å². The monoisotopic (exact) mass is 847 g/mol. The lowest BCUT2D eigenvalue weighted by molar-refractivity contribution is -0.122. The maximum Gasteiger partial charge on any atom is 0.237 e. The first kappa shape index (κ1) is 45.3. The molecular weight excluding hydrogens is 795 g/mol. The minimum atomic E-state index is -0.707. The Kier molecular flexibility index (Phi) is 16.2. The van der Waals surface area contributed by atoms with Crippen LogP contribution in [0.5, 0.6) is 23.0 Å². The maximum absolute atomic E-state index is 12.1. The summed E-state index contributed by atoms with van der Waals surface area (Å²) in [6.07, 6.45) is 4.84. The fourth-order valence-electron chi connectivity index (χ4n) is 6.83. The molecule has 2 aromatic heterocycles. The Morgan fingerprint density at radius 1 is 0.540 bits per heavy atom. The molecule has 63 heavy (non-hydrogen) atoms. The number of hydrogen-bond donors (Lipinski definition) is 7. The summed E-state index contributed by atoms with van der Waals surface area (Å²) in [6.45, 7) is 0.563. The maximum atomic E-state index is 12.1. The van der Waals surface area contributed by atoms with Crippen LogP contribution in [0.25, 0.3) is 33.2 Å². The van der Waals surface area contributed by atoms with E-state index in [-0.39, 0.29) is 25.7 Å². The number of ether oxygens (including phenoxy) is 2. The number of hydrogen-bond acceptors (Lipinski definition) is 9. The summed E-state index contributed by atoms with van der Waals surface area (Å²) in [5.74, 6) is 2.34. The van der Waals surface area contributed by atoms with Crippen molar-refractivity contribution >= 4 is 33.6 Å². The number of nitrogens with zero attached hydrogens (tertiary/aromatic N) is 2. The predicted molar refractivity (Wildman–Crippen MR) is 248 cm³/mol. The Hall–Kier alpha value is -7.26. The Balaban J connectivity index is 0.000000194. The molecule has 0 aliphatic carbocycles. The van der Waals surface area contributed by atoms with E-state index in [0.717, 1.165) is 67.3 Å². The molecule has 13 nitrogen and oxygen atoms in total. The van der Waals surface area contributed by atoms with Gasteiger partial charge in [0, 0.05) is 47.6 Å². The van der Waals surface area contributed by atoms with Crippen LogP contribution in [0, 0.1) is 0 Å². The molecule has 2 heterocycles. The second-order valence-corrected chi connectivity index (χ2v) is 14.5. The van der Waals surface area contributed by atoms with Gasteiger partial charge in [0.15, 0.2) is 0 Å². The van der Waals surface area contributed by atoms with Crippen LogP contribution in [0.4, 0.5) is 0 Å². The number of amides is 2. The SMILES string of the molecule is NC(=O)C(N)Cc1cn(-c2ccc(Oc3ccccc3)cc2)c2ccccc12.NC(Cc1cn(-c2ccc(Oc3ccccc3)cc2)c2ccccc12)C(=O)NCCO.NCCO. The quantitative estimate of drug-likeness (QED) is 0.0632. The van der Waals surface area contributed by atoms with Crippen molar-refractivity contribution in [1.82, 2.24) is 14.5 Å². The Labute approximate surface area is 366 Å². The van der Waals surface area contributed by atoms with Crippen molar-refractivity contribution in [2.24, 2.45) is 22.9 Å². The van der Waals surface area contributed by atoms with Crippen molar-refractivity contribution in [3.05, 3.63) is 181 Å². The van der Waals surface area contributed by atoms with E-state index in [0.29, 0.717) is 19.4 Å². The highest BCUT2D eigenvalue weighted by atomic mass is 16.5. The van der Waals surface area contributed by atoms with Gasteiger partial charge in [-0.25, -0.2) is 0 Å². The summed E-state index contributed by atoms with van der Waals surface area (Å²) in [6, 6.07) is 49.8. The van der Waals surface area contributed by atoms with E-state index in [1.54, 1.807) is 0 Å². The second kappa shape index (κ2) is 22.5. The van der Waals surface area contributed by atoms with Gasteiger partial charge in [-0.15, -0.1) is 0 Å². The molecule has 0 radical (unpaired) electrons. The molecule has 2 amide bonds. The molecule has 8 rings (SSSR count). The van der Waals surface area contributed by atoms with Gasteiger partial charge in [-0.3, -0.25) is 9.59 Å². The molecule has 0 saturated carbocycles. The number of carbonyl (C=O) groups is 2. The van der Waals surface area contributed by atoms with Crippen molar-refractivity contribution in [3.8, 4) is 34.4 Å². The standard InChI is InChI=1S/C25H25N3O3.C23H21N3O2.C2H7NO/c26-23(25(30)27-14-15-29)16-18-17-28(24-9-5-4-8-22(18)24)19-10-12-21(13-11-19)31-20-6-2-1-3-7-20;24-21(23(25)27)14-16-15-26(22-9-5-4-8-20(16)22)17-10-12-19(13-11-17)28-18-6-2-1-3-7-18;3-1-2-4/h1-13,17,23,29H,14-16,26H2,(H,27,30);1-13,15,21H,14,24H2,(H2,25,27);4H,1-3H2. The van der Waals surface area contributed by atoms with Gasteiger partial charge in [0.25, 0.3) is 0 Å². The third kappa shape index (κ3) is 12.2. The molecule has 8 aromatic rings. The number of nitrogens with two attached hydrogens (primary N) is 4. The van der Waals surface area contributed by atoms with Crippen molar-refractivity contribution in [2.45, 2.75) is 24.9 Å². The van der Waals surface area contributed by atoms with E-state index in [9.17, 15) is 9.59 Å². The van der Waals surface area contributed by atoms with Crippen LogP contribution >= 0.6 is 0 Å². The van der Waals surface area contributed by atoms with E-state index in [1.165, 1.54) is 0 Å². The van der Waals surface area contributed by atoms with Gasteiger partial charge in [0.05, 0.1) is 36.3 Å². The zero-order chi connectivity index (χ0) is 44.6. The number of para-hydroxylation sites is 4. The fourth-order valence-corrected chi connectivity index (χ4v) is 6.83. The summed E-state index contributed by atoms with van der Waals surface area (Å²) in [5.41, 5.74) is 28.2. The van der Waals surface area contributed by atoms with E-state index < -0.39 is 18.0 Å². The summed E-state index contributed by atoms with van der Waals surface area (Å²) < 4.78 is 15.9. The smallest absolute Gasteiger partial charge is 0.237 e. The van der Waals surface area contributed by atoms with Crippen molar-refractivity contribution in [2.75, 3.05) is 26.3 Å².